The number of benzene rings is 1. The monoisotopic (exact) mass is 264 g/mol. The lowest BCUT2D eigenvalue weighted by Gasteiger charge is -2.29. The van der Waals surface area contributed by atoms with Gasteiger partial charge in [0.15, 0.2) is 0 Å². The summed E-state index contributed by atoms with van der Waals surface area (Å²) in [6, 6.07) is 3.54. The largest absolute Gasteiger partial charge is 0.508 e. The first-order valence-electron chi connectivity index (χ1n) is 6.63. The van der Waals surface area contributed by atoms with Gasteiger partial charge in [-0.2, -0.15) is 0 Å². The zero-order valence-corrected chi connectivity index (χ0v) is 11.7. The molecule has 1 aromatic carbocycles. The molecule has 19 heavy (non-hydrogen) atoms. The summed E-state index contributed by atoms with van der Waals surface area (Å²) in [6.07, 6.45) is 0.367. The third-order valence-electron chi connectivity index (χ3n) is 4.26. The maximum atomic E-state index is 10.2. The number of epoxide rings is 1. The lowest BCUT2D eigenvalue weighted by Crippen LogP contribution is -2.41. The lowest BCUT2D eigenvalue weighted by atomic mass is 9.91. The number of aliphatic hydroxyl groups is 1. The third kappa shape index (κ3) is 1.90. The summed E-state index contributed by atoms with van der Waals surface area (Å²) >= 11 is 0. The number of ether oxygens (including phenoxy) is 2. The number of rotatable bonds is 1. The molecule has 2 aliphatic rings. The average Bonchev–Trinajstić information content (AvgIpc) is 2.93. The van der Waals surface area contributed by atoms with E-state index in [4.69, 9.17) is 9.47 Å². The van der Waals surface area contributed by atoms with Crippen molar-refractivity contribution in [2.75, 3.05) is 0 Å². The van der Waals surface area contributed by atoms with Gasteiger partial charge < -0.3 is 19.7 Å². The molecule has 0 amide bonds. The van der Waals surface area contributed by atoms with Crippen LogP contribution in [0.25, 0.3) is 0 Å². The highest BCUT2D eigenvalue weighted by molar-refractivity contribution is 5.50. The summed E-state index contributed by atoms with van der Waals surface area (Å²) in [5.41, 5.74) is 0.295. The molecule has 0 spiro atoms. The predicted molar refractivity (Wildman–Crippen MR) is 70.4 cm³/mol. The molecule has 1 aromatic rings. The Labute approximate surface area is 113 Å². The number of hydrogen-bond donors (Lipinski definition) is 2. The van der Waals surface area contributed by atoms with E-state index in [0.717, 1.165) is 11.1 Å². The van der Waals surface area contributed by atoms with E-state index in [9.17, 15) is 10.2 Å². The smallest absolute Gasteiger partial charge is 0.129 e. The first kappa shape index (κ1) is 12.8. The van der Waals surface area contributed by atoms with E-state index in [1.807, 2.05) is 19.9 Å². The predicted octanol–water partition coefficient (Wildman–Crippen LogP) is 2.24. The fourth-order valence-corrected chi connectivity index (χ4v) is 2.76. The molecule has 104 valence electrons. The van der Waals surface area contributed by atoms with E-state index in [1.54, 1.807) is 19.9 Å². The molecule has 4 heteroatoms. The van der Waals surface area contributed by atoms with Gasteiger partial charge in [0.2, 0.25) is 0 Å². The van der Waals surface area contributed by atoms with Crippen LogP contribution in [0, 0.1) is 6.92 Å². The van der Waals surface area contributed by atoms with Crippen LogP contribution in [-0.4, -0.2) is 28.0 Å². The van der Waals surface area contributed by atoms with Crippen LogP contribution in [0.4, 0.5) is 0 Å². The Hall–Kier alpha value is -1.26. The van der Waals surface area contributed by atoms with Crippen molar-refractivity contribution in [3.63, 3.8) is 0 Å². The van der Waals surface area contributed by atoms with Gasteiger partial charge in [0.05, 0.1) is 11.7 Å². The highest BCUT2D eigenvalue weighted by atomic mass is 16.6. The van der Waals surface area contributed by atoms with E-state index < -0.39 is 11.2 Å². The van der Waals surface area contributed by atoms with Crippen molar-refractivity contribution in [2.24, 2.45) is 0 Å². The van der Waals surface area contributed by atoms with Crippen LogP contribution in [0.3, 0.4) is 0 Å². The summed E-state index contributed by atoms with van der Waals surface area (Å²) in [5.74, 6) is 0.949. The van der Waals surface area contributed by atoms with Gasteiger partial charge in [0.1, 0.15) is 23.2 Å². The molecule has 0 radical (unpaired) electrons. The molecule has 2 heterocycles. The van der Waals surface area contributed by atoms with Gasteiger partial charge in [-0.25, -0.2) is 0 Å². The minimum atomic E-state index is -0.930. The highest BCUT2D eigenvalue weighted by Crippen LogP contribution is 2.55. The first-order valence-corrected chi connectivity index (χ1v) is 6.63. The fraction of sp³-hybridized carbons (Fsp3) is 0.600. The van der Waals surface area contributed by atoms with Crippen molar-refractivity contribution < 1.29 is 19.7 Å². The van der Waals surface area contributed by atoms with Gasteiger partial charge in [-0.3, -0.25) is 0 Å². The topological polar surface area (TPSA) is 62.2 Å². The zero-order chi connectivity index (χ0) is 14.0. The van der Waals surface area contributed by atoms with Crippen LogP contribution in [0.2, 0.25) is 0 Å². The van der Waals surface area contributed by atoms with E-state index in [0.29, 0.717) is 12.2 Å². The summed E-state index contributed by atoms with van der Waals surface area (Å²) in [5, 5.41) is 20.1. The quantitative estimate of drug-likeness (QED) is 0.764. The second-order valence-electron chi connectivity index (χ2n) is 6.34. The van der Waals surface area contributed by atoms with Crippen LogP contribution in [0.1, 0.15) is 38.3 Å². The van der Waals surface area contributed by atoms with E-state index in [2.05, 4.69) is 0 Å². The number of aromatic hydroxyl groups is 1. The molecule has 0 aromatic heterocycles. The van der Waals surface area contributed by atoms with E-state index in [1.165, 1.54) is 0 Å². The third-order valence-corrected chi connectivity index (χ3v) is 4.26. The number of aryl methyl sites for hydroxylation is 1. The molecule has 0 unspecified atom stereocenters. The van der Waals surface area contributed by atoms with Crippen molar-refractivity contribution in [2.45, 2.75) is 57.5 Å². The SMILES string of the molecule is Cc1cc2c(cc1O)[C@@]1(C)O[C@H]1C[C@H](C(C)(C)O)O2. The maximum absolute atomic E-state index is 10.2. The van der Waals surface area contributed by atoms with Crippen molar-refractivity contribution >= 4 is 0 Å². The van der Waals surface area contributed by atoms with Crippen LogP contribution in [0.5, 0.6) is 11.5 Å². The summed E-state index contributed by atoms with van der Waals surface area (Å²) in [7, 11) is 0. The van der Waals surface area contributed by atoms with Crippen molar-refractivity contribution in [1.29, 1.82) is 0 Å². The molecule has 1 fully saturated rings. The van der Waals surface area contributed by atoms with E-state index >= 15 is 0 Å². The molecule has 2 aliphatic heterocycles. The van der Waals surface area contributed by atoms with Gasteiger partial charge in [-0.15, -0.1) is 0 Å². The molecular weight excluding hydrogens is 244 g/mol. The molecule has 2 N–H and O–H groups in total. The number of fused-ring (bicyclic) bond motifs is 3. The summed E-state index contributed by atoms with van der Waals surface area (Å²) < 4.78 is 11.8. The Balaban J connectivity index is 2.09. The minimum absolute atomic E-state index is 0.0345. The highest BCUT2D eigenvalue weighted by Gasteiger charge is 2.59. The van der Waals surface area contributed by atoms with Crippen molar-refractivity contribution in [3.8, 4) is 11.5 Å². The van der Waals surface area contributed by atoms with Gasteiger partial charge in [-0.1, -0.05) is 0 Å². The fourth-order valence-electron chi connectivity index (χ4n) is 2.76. The first-order chi connectivity index (χ1) is 8.72. The molecule has 3 rings (SSSR count). The van der Waals surface area contributed by atoms with Gasteiger partial charge in [-0.05, 0) is 45.4 Å². The maximum Gasteiger partial charge on any atom is 0.129 e. The second kappa shape index (κ2) is 3.64. The van der Waals surface area contributed by atoms with Crippen LogP contribution in [-0.2, 0) is 10.3 Å². The summed E-state index contributed by atoms with van der Waals surface area (Å²) in [4.78, 5) is 0. The standard InChI is InChI=1S/C15H20O4/c1-8-5-11-9(6-10(8)16)15(4)13(19-15)7-12(18-11)14(2,3)17/h5-6,12-13,16-17H,7H2,1-4H3/t12-,13+,15-/m1/s1. The van der Waals surface area contributed by atoms with Crippen LogP contribution >= 0.6 is 0 Å². The number of phenolic OH excluding ortho intramolecular Hbond substituents is 1. The normalized spacial score (nSPS) is 32.9. The molecular formula is C15H20O4. The Morgan fingerprint density at radius 3 is 2.68 bits per heavy atom. The average molecular weight is 264 g/mol. The number of phenols is 1. The molecule has 0 bridgehead atoms. The Morgan fingerprint density at radius 2 is 2.05 bits per heavy atom. The minimum Gasteiger partial charge on any atom is -0.508 e. The molecule has 1 saturated heterocycles. The Kier molecular flexibility index (Phi) is 2.45. The van der Waals surface area contributed by atoms with Gasteiger partial charge >= 0.3 is 0 Å². The van der Waals surface area contributed by atoms with Crippen LogP contribution < -0.4 is 4.74 Å². The molecule has 3 atom stereocenters. The van der Waals surface area contributed by atoms with Crippen molar-refractivity contribution in [1.82, 2.24) is 0 Å². The molecule has 4 nitrogen and oxygen atoms in total. The van der Waals surface area contributed by atoms with Gasteiger partial charge in [0.25, 0.3) is 0 Å². The second-order valence-corrected chi connectivity index (χ2v) is 6.34. The van der Waals surface area contributed by atoms with E-state index in [-0.39, 0.29) is 18.0 Å². The van der Waals surface area contributed by atoms with Gasteiger partial charge in [0, 0.05) is 12.0 Å². The molecule has 0 saturated carbocycles. The lowest BCUT2D eigenvalue weighted by molar-refractivity contribution is -0.0402. The Bertz CT molecular complexity index is 532. The summed E-state index contributed by atoms with van der Waals surface area (Å²) in [6.45, 7) is 7.32. The van der Waals surface area contributed by atoms with Crippen LogP contribution in [0.15, 0.2) is 12.1 Å². The Morgan fingerprint density at radius 1 is 1.37 bits per heavy atom. The number of hydrogen-bond acceptors (Lipinski definition) is 4. The van der Waals surface area contributed by atoms with Crippen molar-refractivity contribution in [3.05, 3.63) is 23.3 Å². The molecule has 0 aliphatic carbocycles. The zero-order valence-electron chi connectivity index (χ0n) is 11.7.